The zero-order chi connectivity index (χ0) is 17.2. The number of hydrogen-bond acceptors (Lipinski definition) is 6. The maximum atomic E-state index is 12.9. The van der Waals surface area contributed by atoms with Gasteiger partial charge in [-0.1, -0.05) is 11.3 Å². The Bertz CT molecular complexity index is 895. The Morgan fingerprint density at radius 2 is 2.12 bits per heavy atom. The molecule has 126 valence electrons. The first-order chi connectivity index (χ1) is 12.2. The van der Waals surface area contributed by atoms with Crippen molar-refractivity contribution in [3.63, 3.8) is 0 Å². The molecule has 0 N–H and O–H groups in total. The predicted molar refractivity (Wildman–Crippen MR) is 89.4 cm³/mol. The third-order valence-corrected chi connectivity index (χ3v) is 3.85. The molecule has 4 rings (SSSR count). The number of carbonyl (C=O) groups is 1. The highest BCUT2D eigenvalue weighted by molar-refractivity contribution is 6.05. The standard InChI is InChI=1S/C17H16N6O2/c1-12-9-23(15-6-4-8-19-16(15)25-12)17(24)14-11-22(21-20-14)10-13-5-2-3-7-18-13/h2-8,11-12H,9-10H2,1H3. The molecule has 0 radical (unpaired) electrons. The van der Waals surface area contributed by atoms with Crippen molar-refractivity contribution in [2.24, 2.45) is 0 Å². The van der Waals surface area contributed by atoms with Crippen LogP contribution in [0.4, 0.5) is 5.69 Å². The van der Waals surface area contributed by atoms with E-state index in [0.29, 0.717) is 24.7 Å². The lowest BCUT2D eigenvalue weighted by Gasteiger charge is -2.31. The summed E-state index contributed by atoms with van der Waals surface area (Å²) in [5, 5.41) is 8.05. The van der Waals surface area contributed by atoms with Gasteiger partial charge in [0.15, 0.2) is 5.69 Å². The minimum Gasteiger partial charge on any atom is -0.471 e. The third-order valence-electron chi connectivity index (χ3n) is 3.85. The molecule has 3 aromatic heterocycles. The summed E-state index contributed by atoms with van der Waals surface area (Å²) in [6.07, 6.45) is 4.85. The second-order valence-corrected chi connectivity index (χ2v) is 5.79. The number of fused-ring (bicyclic) bond motifs is 1. The summed E-state index contributed by atoms with van der Waals surface area (Å²) in [6, 6.07) is 9.24. The summed E-state index contributed by atoms with van der Waals surface area (Å²) in [7, 11) is 0. The highest BCUT2D eigenvalue weighted by atomic mass is 16.5. The van der Waals surface area contributed by atoms with Crippen molar-refractivity contribution < 1.29 is 9.53 Å². The Hall–Kier alpha value is -3.29. The summed E-state index contributed by atoms with van der Waals surface area (Å²) >= 11 is 0. The molecule has 8 nitrogen and oxygen atoms in total. The summed E-state index contributed by atoms with van der Waals surface area (Å²) in [6.45, 7) is 2.79. The number of pyridine rings is 2. The van der Waals surface area contributed by atoms with E-state index in [-0.39, 0.29) is 17.7 Å². The fourth-order valence-corrected chi connectivity index (χ4v) is 2.72. The van der Waals surface area contributed by atoms with Crippen molar-refractivity contribution >= 4 is 11.6 Å². The number of aromatic nitrogens is 5. The fourth-order valence-electron chi connectivity index (χ4n) is 2.72. The van der Waals surface area contributed by atoms with E-state index in [1.54, 1.807) is 34.2 Å². The van der Waals surface area contributed by atoms with Crippen LogP contribution in [0.15, 0.2) is 48.9 Å². The van der Waals surface area contributed by atoms with E-state index in [9.17, 15) is 4.79 Å². The number of carbonyl (C=O) groups excluding carboxylic acids is 1. The van der Waals surface area contributed by atoms with E-state index in [2.05, 4.69) is 20.3 Å². The molecule has 0 bridgehead atoms. The molecule has 1 aliphatic heterocycles. The summed E-state index contributed by atoms with van der Waals surface area (Å²) in [4.78, 5) is 23.0. The lowest BCUT2D eigenvalue weighted by molar-refractivity contribution is 0.0953. The van der Waals surface area contributed by atoms with Crippen LogP contribution < -0.4 is 9.64 Å². The monoisotopic (exact) mass is 336 g/mol. The molecular weight excluding hydrogens is 320 g/mol. The Kier molecular flexibility index (Phi) is 3.85. The van der Waals surface area contributed by atoms with Crippen LogP contribution in [0.25, 0.3) is 0 Å². The first-order valence-corrected chi connectivity index (χ1v) is 7.94. The molecule has 4 heterocycles. The van der Waals surface area contributed by atoms with Gasteiger partial charge in [0.2, 0.25) is 5.88 Å². The molecule has 25 heavy (non-hydrogen) atoms. The molecule has 1 atom stereocenters. The van der Waals surface area contributed by atoms with Crippen LogP contribution in [0.1, 0.15) is 23.1 Å². The van der Waals surface area contributed by atoms with Gasteiger partial charge in [0.25, 0.3) is 5.91 Å². The third kappa shape index (κ3) is 3.06. The van der Waals surface area contributed by atoms with Gasteiger partial charge in [0, 0.05) is 12.4 Å². The Morgan fingerprint density at radius 3 is 2.96 bits per heavy atom. The van der Waals surface area contributed by atoms with Gasteiger partial charge in [-0.25, -0.2) is 9.67 Å². The van der Waals surface area contributed by atoms with Crippen molar-refractivity contribution in [1.82, 2.24) is 25.0 Å². The highest BCUT2D eigenvalue weighted by Crippen LogP contribution is 2.31. The molecule has 0 fully saturated rings. The van der Waals surface area contributed by atoms with Crippen molar-refractivity contribution in [2.45, 2.75) is 19.6 Å². The van der Waals surface area contributed by atoms with Crippen LogP contribution in [-0.4, -0.2) is 43.5 Å². The van der Waals surface area contributed by atoms with Crippen molar-refractivity contribution in [3.8, 4) is 5.88 Å². The Labute approximate surface area is 144 Å². The van der Waals surface area contributed by atoms with Gasteiger partial charge in [-0.15, -0.1) is 5.10 Å². The van der Waals surface area contributed by atoms with Crippen LogP contribution in [0.3, 0.4) is 0 Å². The minimum atomic E-state index is -0.225. The molecule has 0 aromatic carbocycles. The Balaban J connectivity index is 1.58. The molecule has 0 spiro atoms. The lowest BCUT2D eigenvalue weighted by atomic mass is 10.2. The Morgan fingerprint density at radius 1 is 1.24 bits per heavy atom. The zero-order valence-corrected chi connectivity index (χ0v) is 13.6. The predicted octanol–water partition coefficient (Wildman–Crippen LogP) is 1.54. The summed E-state index contributed by atoms with van der Waals surface area (Å²) in [5.74, 6) is 0.229. The van der Waals surface area contributed by atoms with Crippen LogP contribution in [-0.2, 0) is 6.54 Å². The zero-order valence-electron chi connectivity index (χ0n) is 13.6. The van der Waals surface area contributed by atoms with E-state index >= 15 is 0 Å². The minimum absolute atomic E-state index is 0.144. The molecule has 1 amide bonds. The van der Waals surface area contributed by atoms with Gasteiger partial charge in [-0.3, -0.25) is 14.7 Å². The number of amides is 1. The van der Waals surface area contributed by atoms with Crippen LogP contribution in [0, 0.1) is 0 Å². The van der Waals surface area contributed by atoms with E-state index in [4.69, 9.17) is 4.74 Å². The molecule has 8 heteroatoms. The van der Waals surface area contributed by atoms with E-state index in [1.165, 1.54) is 0 Å². The average Bonchev–Trinajstić information content (AvgIpc) is 3.09. The largest absolute Gasteiger partial charge is 0.471 e. The van der Waals surface area contributed by atoms with Crippen molar-refractivity contribution in [1.29, 1.82) is 0 Å². The maximum absolute atomic E-state index is 12.9. The molecule has 0 aliphatic carbocycles. The first kappa shape index (κ1) is 15.3. The van der Waals surface area contributed by atoms with Gasteiger partial charge in [-0.05, 0) is 31.2 Å². The van der Waals surface area contributed by atoms with Gasteiger partial charge >= 0.3 is 0 Å². The quantitative estimate of drug-likeness (QED) is 0.721. The first-order valence-electron chi connectivity index (χ1n) is 7.94. The van der Waals surface area contributed by atoms with Crippen LogP contribution in [0.5, 0.6) is 5.88 Å². The van der Waals surface area contributed by atoms with Gasteiger partial charge in [-0.2, -0.15) is 0 Å². The normalized spacial score (nSPS) is 16.2. The summed E-state index contributed by atoms with van der Waals surface area (Å²) < 4.78 is 7.28. The fraction of sp³-hybridized carbons (Fsp3) is 0.235. The van der Waals surface area contributed by atoms with Crippen molar-refractivity contribution in [2.75, 3.05) is 11.4 Å². The second kappa shape index (κ2) is 6.31. The smallest absolute Gasteiger partial charge is 0.280 e. The van der Waals surface area contributed by atoms with Gasteiger partial charge in [0.05, 0.1) is 25.0 Å². The topological polar surface area (TPSA) is 86.0 Å². The van der Waals surface area contributed by atoms with Crippen LogP contribution in [0.2, 0.25) is 0 Å². The van der Waals surface area contributed by atoms with Crippen molar-refractivity contribution in [3.05, 3.63) is 60.3 Å². The highest BCUT2D eigenvalue weighted by Gasteiger charge is 2.30. The molecular formula is C17H16N6O2. The number of hydrogen-bond donors (Lipinski definition) is 0. The van der Waals surface area contributed by atoms with E-state index < -0.39 is 0 Å². The SMILES string of the molecule is CC1CN(C(=O)c2cn(Cc3ccccn3)nn2)c2cccnc2O1. The lowest BCUT2D eigenvalue weighted by Crippen LogP contribution is -2.42. The molecule has 0 saturated carbocycles. The van der Waals surface area contributed by atoms with E-state index in [1.807, 2.05) is 31.2 Å². The molecule has 0 saturated heterocycles. The number of anilines is 1. The average molecular weight is 336 g/mol. The maximum Gasteiger partial charge on any atom is 0.280 e. The van der Waals surface area contributed by atoms with Crippen LogP contribution >= 0.6 is 0 Å². The molecule has 3 aromatic rings. The number of rotatable bonds is 3. The van der Waals surface area contributed by atoms with Gasteiger partial charge in [0.1, 0.15) is 11.8 Å². The number of ether oxygens (including phenoxy) is 1. The number of nitrogens with zero attached hydrogens (tertiary/aromatic N) is 6. The summed E-state index contributed by atoms with van der Waals surface area (Å²) in [5.41, 5.74) is 1.77. The van der Waals surface area contributed by atoms with Gasteiger partial charge < -0.3 is 4.74 Å². The molecule has 1 aliphatic rings. The molecule has 1 unspecified atom stereocenters. The van der Waals surface area contributed by atoms with E-state index in [0.717, 1.165) is 5.69 Å². The second-order valence-electron chi connectivity index (χ2n) is 5.79.